The quantitative estimate of drug-likeness (QED) is 0.684. The molecule has 0 radical (unpaired) electrons. The van der Waals surface area contributed by atoms with Gasteiger partial charge in [-0.15, -0.1) is 11.3 Å². The molecule has 1 rings (SSSR count). The van der Waals surface area contributed by atoms with Gasteiger partial charge in [-0.1, -0.05) is 11.6 Å². The highest BCUT2D eigenvalue weighted by atomic mass is 79.9. The van der Waals surface area contributed by atoms with Gasteiger partial charge in [0.25, 0.3) is 10.0 Å². The highest BCUT2D eigenvalue weighted by Gasteiger charge is 2.19. The number of carbonyl (C=O) groups is 1. The van der Waals surface area contributed by atoms with Crippen LogP contribution in [0.1, 0.15) is 0 Å². The van der Waals surface area contributed by atoms with Crippen molar-refractivity contribution in [3.63, 3.8) is 0 Å². The average molecular weight is 392 g/mol. The molecule has 0 aliphatic rings. The van der Waals surface area contributed by atoms with Crippen molar-refractivity contribution in [2.45, 2.75) is 4.21 Å². The van der Waals surface area contributed by atoms with Crippen molar-refractivity contribution in [2.75, 3.05) is 26.8 Å². The molecule has 1 aromatic rings. The highest BCUT2D eigenvalue weighted by molar-refractivity contribution is 9.11. The van der Waals surface area contributed by atoms with Crippen LogP contribution in [0.15, 0.2) is 14.1 Å². The molecule has 1 amide bonds. The molecule has 0 spiro atoms. The summed E-state index contributed by atoms with van der Waals surface area (Å²) in [6, 6.07) is 1.32. The molecular formula is C9H12BrClN2O4S2. The first-order chi connectivity index (χ1) is 8.86. The number of carbonyl (C=O) groups excluding carboxylic acids is 1. The molecule has 0 aromatic carbocycles. The summed E-state index contributed by atoms with van der Waals surface area (Å²) in [6.07, 6.45) is 0. The molecule has 0 saturated heterocycles. The molecule has 1 aromatic heterocycles. The van der Waals surface area contributed by atoms with Gasteiger partial charge in [0.15, 0.2) is 0 Å². The normalized spacial score (nSPS) is 11.5. The third kappa shape index (κ3) is 5.36. The molecule has 0 aliphatic heterocycles. The summed E-state index contributed by atoms with van der Waals surface area (Å²) in [5, 5.41) is 2.82. The molecule has 0 saturated carbocycles. The maximum atomic E-state index is 11.8. The van der Waals surface area contributed by atoms with Crippen LogP contribution in [0.3, 0.4) is 0 Å². The van der Waals surface area contributed by atoms with E-state index >= 15 is 0 Å². The van der Waals surface area contributed by atoms with E-state index in [1.165, 1.54) is 13.2 Å². The number of thiophene rings is 1. The van der Waals surface area contributed by atoms with Crippen molar-refractivity contribution in [2.24, 2.45) is 0 Å². The molecule has 0 fully saturated rings. The van der Waals surface area contributed by atoms with Gasteiger partial charge in [0.1, 0.15) is 4.21 Å². The molecule has 0 unspecified atom stereocenters. The zero-order chi connectivity index (χ0) is 14.5. The van der Waals surface area contributed by atoms with Crippen LogP contribution in [-0.4, -0.2) is 41.1 Å². The molecular weight excluding hydrogens is 380 g/mol. The van der Waals surface area contributed by atoms with Crippen molar-refractivity contribution in [1.29, 1.82) is 0 Å². The molecule has 2 N–H and O–H groups in total. The molecule has 0 atom stereocenters. The highest BCUT2D eigenvalue weighted by Crippen LogP contribution is 2.34. The van der Waals surface area contributed by atoms with Crippen molar-refractivity contribution < 1.29 is 17.9 Å². The van der Waals surface area contributed by atoms with E-state index in [1.807, 2.05) is 0 Å². The topological polar surface area (TPSA) is 84.5 Å². The minimum atomic E-state index is -3.73. The van der Waals surface area contributed by atoms with Gasteiger partial charge in [0.05, 0.1) is 22.0 Å². The van der Waals surface area contributed by atoms with Crippen molar-refractivity contribution in [1.82, 2.24) is 10.0 Å². The third-order valence-corrected chi connectivity index (χ3v) is 6.29. The van der Waals surface area contributed by atoms with Gasteiger partial charge >= 0.3 is 0 Å². The molecule has 108 valence electrons. The molecule has 10 heteroatoms. The number of ether oxygens (including phenoxy) is 1. The number of halogens is 2. The molecule has 1 heterocycles. The van der Waals surface area contributed by atoms with E-state index in [2.05, 4.69) is 26.0 Å². The number of hydrogen-bond acceptors (Lipinski definition) is 5. The number of amides is 1. The number of rotatable bonds is 7. The Morgan fingerprint density at radius 3 is 2.79 bits per heavy atom. The Kier molecular flexibility index (Phi) is 6.71. The lowest BCUT2D eigenvalue weighted by molar-refractivity contribution is -0.120. The van der Waals surface area contributed by atoms with Gasteiger partial charge in [-0.25, -0.2) is 13.1 Å². The minimum absolute atomic E-state index is 0.0501. The van der Waals surface area contributed by atoms with Gasteiger partial charge in [0, 0.05) is 13.7 Å². The molecule has 19 heavy (non-hydrogen) atoms. The summed E-state index contributed by atoms with van der Waals surface area (Å²) in [4.78, 5) is 11.3. The summed E-state index contributed by atoms with van der Waals surface area (Å²) >= 11 is 9.87. The second-order valence-electron chi connectivity index (χ2n) is 3.35. The maximum absolute atomic E-state index is 11.8. The number of sulfonamides is 1. The standard InChI is InChI=1S/C9H12BrClN2O4S2/c1-17-3-2-12-7(14)5-13-19(15,16)8-4-6(11)9(10)18-8/h4,13H,2-3,5H2,1H3,(H,12,14). The van der Waals surface area contributed by atoms with Crippen LogP contribution in [0, 0.1) is 0 Å². The lowest BCUT2D eigenvalue weighted by Gasteiger charge is -2.06. The lowest BCUT2D eigenvalue weighted by Crippen LogP contribution is -2.37. The summed E-state index contributed by atoms with van der Waals surface area (Å²) in [6.45, 7) is 0.360. The van der Waals surface area contributed by atoms with Crippen LogP contribution >= 0.6 is 38.9 Å². The fourth-order valence-electron chi connectivity index (χ4n) is 1.05. The molecule has 0 bridgehead atoms. The average Bonchev–Trinajstić information content (AvgIpc) is 2.68. The summed E-state index contributed by atoms with van der Waals surface area (Å²) in [5.41, 5.74) is 0. The Labute approximate surface area is 128 Å². The van der Waals surface area contributed by atoms with Gasteiger partial charge in [0.2, 0.25) is 5.91 Å². The summed E-state index contributed by atoms with van der Waals surface area (Å²) in [5.74, 6) is -0.428. The van der Waals surface area contributed by atoms with E-state index < -0.39 is 15.9 Å². The first kappa shape index (κ1) is 16.9. The molecule has 6 nitrogen and oxygen atoms in total. The monoisotopic (exact) mass is 390 g/mol. The van der Waals surface area contributed by atoms with E-state index in [-0.39, 0.29) is 10.8 Å². The van der Waals surface area contributed by atoms with Crippen molar-refractivity contribution in [3.8, 4) is 0 Å². The molecule has 0 aliphatic carbocycles. The number of nitrogens with one attached hydrogen (secondary N) is 2. The first-order valence-electron chi connectivity index (χ1n) is 5.07. The second kappa shape index (κ2) is 7.55. The largest absolute Gasteiger partial charge is 0.383 e. The Morgan fingerprint density at radius 1 is 1.58 bits per heavy atom. The van der Waals surface area contributed by atoms with E-state index in [0.29, 0.717) is 22.0 Å². The number of hydrogen-bond donors (Lipinski definition) is 2. The van der Waals surface area contributed by atoms with Gasteiger partial charge in [-0.2, -0.15) is 0 Å². The summed E-state index contributed by atoms with van der Waals surface area (Å²) < 4.78 is 31.2. The van der Waals surface area contributed by atoms with Crippen LogP contribution in [0.5, 0.6) is 0 Å². The van der Waals surface area contributed by atoms with Crippen LogP contribution in [0.2, 0.25) is 5.02 Å². The Balaban J connectivity index is 2.54. The predicted molar refractivity (Wildman–Crippen MR) is 77.1 cm³/mol. The van der Waals surface area contributed by atoms with Gasteiger partial charge in [-0.3, -0.25) is 4.79 Å². The fourth-order valence-corrected chi connectivity index (χ4v) is 4.47. The zero-order valence-electron chi connectivity index (χ0n) is 9.90. The van der Waals surface area contributed by atoms with Crippen LogP contribution in [0.4, 0.5) is 0 Å². The Hall–Kier alpha value is -0.190. The van der Waals surface area contributed by atoms with Gasteiger partial charge < -0.3 is 10.1 Å². The van der Waals surface area contributed by atoms with E-state index in [1.54, 1.807) is 0 Å². The lowest BCUT2D eigenvalue weighted by atomic mass is 10.6. The van der Waals surface area contributed by atoms with Crippen LogP contribution in [-0.2, 0) is 19.6 Å². The number of methoxy groups -OCH3 is 1. The van der Waals surface area contributed by atoms with E-state index in [4.69, 9.17) is 16.3 Å². The fraction of sp³-hybridized carbons (Fsp3) is 0.444. The predicted octanol–water partition coefficient (Wildman–Crippen LogP) is 1.20. The van der Waals surface area contributed by atoms with Crippen molar-refractivity contribution in [3.05, 3.63) is 14.9 Å². The van der Waals surface area contributed by atoms with Gasteiger partial charge in [-0.05, 0) is 22.0 Å². The van der Waals surface area contributed by atoms with E-state index in [0.717, 1.165) is 11.3 Å². The minimum Gasteiger partial charge on any atom is -0.383 e. The third-order valence-electron chi connectivity index (χ3n) is 1.94. The zero-order valence-corrected chi connectivity index (χ0v) is 13.9. The Morgan fingerprint density at radius 2 is 2.26 bits per heavy atom. The smallest absolute Gasteiger partial charge is 0.250 e. The Bertz CT molecular complexity index is 527. The SMILES string of the molecule is COCCNC(=O)CNS(=O)(=O)c1cc(Cl)c(Br)s1. The summed E-state index contributed by atoms with van der Waals surface area (Å²) in [7, 11) is -2.22. The van der Waals surface area contributed by atoms with Crippen LogP contribution in [0.25, 0.3) is 0 Å². The van der Waals surface area contributed by atoms with E-state index in [9.17, 15) is 13.2 Å². The first-order valence-corrected chi connectivity index (χ1v) is 8.54. The second-order valence-corrected chi connectivity index (χ2v) is 8.13. The van der Waals surface area contributed by atoms with Crippen molar-refractivity contribution >= 4 is 54.8 Å². The van der Waals surface area contributed by atoms with Crippen LogP contribution < -0.4 is 10.0 Å². The maximum Gasteiger partial charge on any atom is 0.250 e.